The molecule has 2 unspecified atom stereocenters. The van der Waals surface area contributed by atoms with Gasteiger partial charge in [-0.25, -0.2) is 13.9 Å². The number of ketones is 1. The Morgan fingerprint density at radius 1 is 0.833 bits per heavy atom. The van der Waals surface area contributed by atoms with Crippen LogP contribution in [0.2, 0.25) is 0 Å². The number of nitrogens with zero attached hydrogens (tertiary/aromatic N) is 2. The zero-order valence-corrected chi connectivity index (χ0v) is 22.9. The van der Waals surface area contributed by atoms with Gasteiger partial charge in [-0.05, 0) is 36.1 Å². The Kier molecular flexibility index (Phi) is 7.10. The number of aryl methyl sites for hydroxylation is 1. The summed E-state index contributed by atoms with van der Waals surface area (Å²) in [7, 11) is 0. The molecule has 2 heterocycles. The molecule has 0 amide bonds. The molecule has 2 aromatic heterocycles. The Labute approximate surface area is 241 Å². The molecule has 0 aliphatic heterocycles. The molecule has 8 heteroatoms. The molecule has 2 atom stereocenters. The second kappa shape index (κ2) is 11.2. The summed E-state index contributed by atoms with van der Waals surface area (Å²) in [6, 6.07) is 32.9. The molecule has 42 heavy (non-hydrogen) atoms. The van der Waals surface area contributed by atoms with Gasteiger partial charge >= 0.3 is 5.69 Å². The lowest BCUT2D eigenvalue weighted by Crippen LogP contribution is -2.36. The number of aromatic nitrogens is 4. The van der Waals surface area contributed by atoms with Gasteiger partial charge in [-0.3, -0.25) is 14.6 Å². The number of para-hydroxylation sites is 2. The smallest absolute Gasteiger partial charge is 0.325 e. The van der Waals surface area contributed by atoms with Crippen molar-refractivity contribution in [3.05, 3.63) is 164 Å². The molecule has 0 aliphatic rings. The molecule has 0 saturated carbocycles. The second-order valence-corrected chi connectivity index (χ2v) is 10.3. The van der Waals surface area contributed by atoms with Crippen LogP contribution in [0.25, 0.3) is 11.0 Å². The topological polar surface area (TPSA) is 115 Å². The quantitative estimate of drug-likeness (QED) is 0.218. The molecule has 0 radical (unpaired) electrons. The van der Waals surface area contributed by atoms with Gasteiger partial charge in [0.15, 0.2) is 17.1 Å². The molecule has 6 aromatic rings. The van der Waals surface area contributed by atoms with E-state index < -0.39 is 29.1 Å². The van der Waals surface area contributed by atoms with Crippen LogP contribution in [0.1, 0.15) is 44.6 Å². The van der Waals surface area contributed by atoms with Gasteiger partial charge in [-0.1, -0.05) is 103 Å². The first-order valence-corrected chi connectivity index (χ1v) is 13.6. The highest BCUT2D eigenvalue weighted by Gasteiger charge is 2.40. The van der Waals surface area contributed by atoms with E-state index in [1.165, 1.54) is 0 Å². The van der Waals surface area contributed by atoms with Gasteiger partial charge in [0.2, 0.25) is 12.1 Å². The van der Waals surface area contributed by atoms with Gasteiger partial charge in [0.05, 0.1) is 5.92 Å². The molecular weight excluding hydrogens is 528 g/mol. The van der Waals surface area contributed by atoms with E-state index in [2.05, 4.69) is 14.5 Å². The zero-order chi connectivity index (χ0) is 29.2. The lowest BCUT2D eigenvalue weighted by atomic mass is 9.81. The van der Waals surface area contributed by atoms with Crippen molar-refractivity contribution in [2.75, 3.05) is 0 Å². The minimum atomic E-state index is -1.04. The summed E-state index contributed by atoms with van der Waals surface area (Å²) in [5.74, 6) is -2.13. The van der Waals surface area contributed by atoms with Gasteiger partial charge in [0.1, 0.15) is 6.54 Å². The summed E-state index contributed by atoms with van der Waals surface area (Å²) < 4.78 is 3.90. The Morgan fingerprint density at radius 3 is 2.17 bits per heavy atom. The van der Waals surface area contributed by atoms with E-state index in [0.29, 0.717) is 17.7 Å². The van der Waals surface area contributed by atoms with E-state index in [9.17, 15) is 19.5 Å². The Balaban J connectivity index is 1.65. The number of nitrogens with one attached hydrogen (secondary N) is 2. The molecule has 6 rings (SSSR count). The summed E-state index contributed by atoms with van der Waals surface area (Å²) in [6.45, 7) is 2.48. The standard InChI is InChI=1S/C34H28N4O4/c1-22-16-18-24(19-17-22)28(29-32(40)35-34(42)36-33(29)41)30(31(39)25-12-6-3-7-13-25)38-21-37(20-23-10-4-2-5-11-23)26-14-8-9-15-27(26)38/h2-19,21,28,30H,20H2,1H3,(H2-,35,36,40,41,42). The van der Waals surface area contributed by atoms with Gasteiger partial charge in [-0.2, -0.15) is 0 Å². The van der Waals surface area contributed by atoms with Crippen molar-refractivity contribution in [1.82, 2.24) is 14.5 Å². The number of carbonyl (C=O) groups excluding carboxylic acids is 1. The van der Waals surface area contributed by atoms with Crippen LogP contribution in [-0.4, -0.2) is 20.3 Å². The number of imidazole rings is 1. The normalized spacial score (nSPS) is 12.7. The summed E-state index contributed by atoms with van der Waals surface area (Å²) in [4.78, 5) is 44.4. The highest BCUT2D eigenvalue weighted by molar-refractivity contribution is 6.00. The number of hydrogen-bond acceptors (Lipinski definition) is 4. The Morgan fingerprint density at radius 2 is 1.48 bits per heavy atom. The minimum Gasteiger partial charge on any atom is -0.860 e. The summed E-state index contributed by atoms with van der Waals surface area (Å²) in [6.07, 6.45) is 1.87. The molecule has 0 fully saturated rings. The lowest BCUT2D eigenvalue weighted by molar-refractivity contribution is -0.663. The van der Waals surface area contributed by atoms with Gasteiger partial charge in [-0.15, -0.1) is 0 Å². The Hall–Kier alpha value is -5.50. The molecular formula is C34H28N4O4. The Bertz CT molecular complexity index is 1990. The van der Waals surface area contributed by atoms with E-state index in [4.69, 9.17) is 0 Å². The number of rotatable bonds is 8. The fraction of sp³-hybridized carbons (Fsp3) is 0.118. The van der Waals surface area contributed by atoms with Crippen LogP contribution in [-0.2, 0) is 6.54 Å². The summed E-state index contributed by atoms with van der Waals surface area (Å²) >= 11 is 0. The van der Waals surface area contributed by atoms with Crippen molar-refractivity contribution in [3.63, 3.8) is 0 Å². The lowest BCUT2D eigenvalue weighted by Gasteiger charge is -2.27. The molecule has 0 saturated heterocycles. The second-order valence-electron chi connectivity index (χ2n) is 10.3. The highest BCUT2D eigenvalue weighted by atomic mass is 16.3. The number of fused-ring (bicyclic) bond motifs is 1. The average molecular weight is 557 g/mol. The number of H-pyrrole nitrogens is 2. The predicted octanol–water partition coefficient (Wildman–Crippen LogP) is 3.99. The van der Waals surface area contributed by atoms with Crippen LogP contribution < -0.4 is 20.9 Å². The van der Waals surface area contributed by atoms with Crippen molar-refractivity contribution >= 4 is 16.8 Å². The number of aromatic amines is 2. The maximum absolute atomic E-state index is 14.6. The van der Waals surface area contributed by atoms with E-state index >= 15 is 0 Å². The molecule has 0 spiro atoms. The molecule has 8 nitrogen and oxygen atoms in total. The van der Waals surface area contributed by atoms with Crippen molar-refractivity contribution in [3.8, 4) is 5.88 Å². The van der Waals surface area contributed by atoms with Crippen LogP contribution >= 0.6 is 0 Å². The van der Waals surface area contributed by atoms with Crippen LogP contribution in [0.3, 0.4) is 0 Å². The van der Waals surface area contributed by atoms with Crippen molar-refractivity contribution in [2.24, 2.45) is 0 Å². The SMILES string of the molecule is Cc1ccc(C(c2c([O-])[nH]c(=O)[nH]c2=O)C(C(=O)c2ccccc2)n2c[n+](Cc3ccccc3)c3ccccc32)cc1. The largest absolute Gasteiger partial charge is 0.860 e. The third-order valence-corrected chi connectivity index (χ3v) is 7.56. The van der Waals surface area contributed by atoms with Crippen molar-refractivity contribution in [1.29, 1.82) is 0 Å². The number of Topliss-reactive ketones (excluding diaryl/α,β-unsaturated/α-hetero) is 1. The van der Waals surface area contributed by atoms with Crippen LogP contribution in [0, 0.1) is 6.92 Å². The number of hydrogen-bond donors (Lipinski definition) is 2. The van der Waals surface area contributed by atoms with E-state index in [-0.39, 0.29) is 11.3 Å². The predicted molar refractivity (Wildman–Crippen MR) is 158 cm³/mol. The van der Waals surface area contributed by atoms with Crippen LogP contribution in [0.5, 0.6) is 5.88 Å². The maximum atomic E-state index is 14.6. The highest BCUT2D eigenvalue weighted by Crippen LogP contribution is 2.39. The molecule has 208 valence electrons. The number of carbonyl (C=O) groups is 1. The van der Waals surface area contributed by atoms with Crippen molar-refractivity contribution in [2.45, 2.75) is 25.4 Å². The van der Waals surface area contributed by atoms with Crippen LogP contribution in [0.15, 0.2) is 125 Å². The van der Waals surface area contributed by atoms with Gasteiger partial charge in [0.25, 0.3) is 5.56 Å². The first-order chi connectivity index (χ1) is 20.4. The van der Waals surface area contributed by atoms with Gasteiger partial charge < -0.3 is 10.1 Å². The van der Waals surface area contributed by atoms with Crippen molar-refractivity contribution < 1.29 is 14.5 Å². The van der Waals surface area contributed by atoms with E-state index in [0.717, 1.165) is 22.2 Å². The summed E-state index contributed by atoms with van der Waals surface area (Å²) in [5.41, 5.74) is 2.79. The zero-order valence-electron chi connectivity index (χ0n) is 22.9. The molecule has 2 N–H and O–H groups in total. The fourth-order valence-electron chi connectivity index (χ4n) is 5.58. The van der Waals surface area contributed by atoms with Gasteiger partial charge in [0, 0.05) is 11.1 Å². The monoisotopic (exact) mass is 556 g/mol. The molecule has 4 aromatic carbocycles. The first kappa shape index (κ1) is 26.7. The molecule has 0 bridgehead atoms. The van der Waals surface area contributed by atoms with E-state index in [1.54, 1.807) is 24.3 Å². The van der Waals surface area contributed by atoms with Crippen LogP contribution in [0.4, 0.5) is 0 Å². The van der Waals surface area contributed by atoms with E-state index in [1.807, 2.05) is 103 Å². The number of benzene rings is 4. The first-order valence-electron chi connectivity index (χ1n) is 13.6. The third-order valence-electron chi connectivity index (χ3n) is 7.56. The average Bonchev–Trinajstić information content (AvgIpc) is 3.35. The fourth-order valence-corrected chi connectivity index (χ4v) is 5.58. The summed E-state index contributed by atoms with van der Waals surface area (Å²) in [5, 5.41) is 13.3. The third kappa shape index (κ3) is 5.06. The maximum Gasteiger partial charge on any atom is 0.325 e. The molecule has 0 aliphatic carbocycles. The minimum absolute atomic E-state index is 0.208.